The Morgan fingerprint density at radius 3 is 0.691 bits per heavy atom. The van der Waals surface area contributed by atoms with Crippen molar-refractivity contribution < 1.29 is 0 Å². The first-order valence-electron chi connectivity index (χ1n) is 42.0. The van der Waals surface area contributed by atoms with Gasteiger partial charge in [-0.15, -0.1) is 0 Å². The van der Waals surface area contributed by atoms with Gasteiger partial charge in [0.2, 0.25) is 0 Å². The third kappa shape index (κ3) is 9.02. The highest BCUT2D eigenvalue weighted by atomic mass is 15.3. The number of hydrogen-bond acceptors (Lipinski definition) is 4. The van der Waals surface area contributed by atoms with Crippen molar-refractivity contribution in [3.05, 3.63) is 277 Å². The van der Waals surface area contributed by atoms with Gasteiger partial charge in [-0.25, -0.2) is 0 Å². The molecule has 15 aromatic carbocycles. The Morgan fingerprint density at radius 1 is 0.236 bits per heavy atom. The predicted molar refractivity (Wildman–Crippen MR) is 467 cm³/mol. The third-order valence-corrected chi connectivity index (χ3v) is 30.7. The van der Waals surface area contributed by atoms with Crippen LogP contribution >= 0.6 is 0 Å². The van der Waals surface area contributed by atoms with E-state index in [2.05, 4.69) is 330 Å². The highest BCUT2D eigenvalue weighted by Gasteiger charge is 2.55. The molecule has 4 aliphatic heterocycles. The van der Waals surface area contributed by atoms with Crippen molar-refractivity contribution in [2.75, 3.05) is 19.6 Å². The SMILES string of the molecule is CC1CCC2(C)C(C1)c1cc(-c3ccc4c5cc6c(cc5c5ccc(-c7ccc8c(c7)C7CC(C)CCC7(C)N8c7ccccc7)c3c45)c3ccc(-c4ccc5c(c4)C4CC(C)CCC4(C)N5c4ccccc4)c4c(-c5ccc7c(c5)C5CC(C)CCC5(C)N7c5ccccc5)ccc6c43)ccc1N2c1ccccc1. The molecule has 4 heteroatoms. The van der Waals surface area contributed by atoms with Crippen LogP contribution in [0.2, 0.25) is 0 Å². The van der Waals surface area contributed by atoms with Crippen molar-refractivity contribution in [2.24, 2.45) is 23.7 Å². The zero-order valence-electron chi connectivity index (χ0n) is 65.1. The third-order valence-electron chi connectivity index (χ3n) is 30.7. The van der Waals surface area contributed by atoms with Crippen molar-refractivity contribution in [3.8, 4) is 44.5 Å². The van der Waals surface area contributed by atoms with Crippen LogP contribution in [0.3, 0.4) is 0 Å². The number of nitrogens with zero attached hydrogens (tertiary/aromatic N) is 4. The summed E-state index contributed by atoms with van der Waals surface area (Å²) in [5, 5.41) is 16.3. The summed E-state index contributed by atoms with van der Waals surface area (Å²) in [5.41, 5.74) is 27.3. The summed E-state index contributed by atoms with van der Waals surface area (Å²) in [6, 6.07) is 101. The zero-order valence-corrected chi connectivity index (χ0v) is 65.1. The van der Waals surface area contributed by atoms with Crippen molar-refractivity contribution in [1.82, 2.24) is 0 Å². The van der Waals surface area contributed by atoms with E-state index in [-0.39, 0.29) is 22.2 Å². The summed E-state index contributed by atoms with van der Waals surface area (Å²) in [4.78, 5) is 10.9. The Kier molecular flexibility index (Phi) is 14.0. The van der Waals surface area contributed by atoms with Gasteiger partial charge in [-0.05, 0) is 369 Å². The monoisotopic (exact) mass is 1430 g/mol. The van der Waals surface area contributed by atoms with Gasteiger partial charge in [-0.3, -0.25) is 0 Å². The van der Waals surface area contributed by atoms with Gasteiger partial charge >= 0.3 is 0 Å². The van der Waals surface area contributed by atoms with Crippen LogP contribution in [0.1, 0.15) is 178 Å². The predicted octanol–water partition coefficient (Wildman–Crippen LogP) is 29.4. The first kappa shape index (κ1) is 65.5. The van der Waals surface area contributed by atoms with Crippen LogP contribution in [0.25, 0.3) is 109 Å². The smallest absolute Gasteiger partial charge is 0.0492 e. The molecule has 12 atom stereocenters. The van der Waals surface area contributed by atoms with Gasteiger partial charge < -0.3 is 19.6 Å². The summed E-state index contributed by atoms with van der Waals surface area (Å²) in [7, 11) is 0. The van der Waals surface area contributed by atoms with Crippen LogP contribution in [0.15, 0.2) is 255 Å². The number of benzene rings is 13. The van der Waals surface area contributed by atoms with E-state index >= 15 is 0 Å². The van der Waals surface area contributed by atoms with Gasteiger partial charge in [0.1, 0.15) is 0 Å². The van der Waals surface area contributed by atoms with Crippen LogP contribution in [0, 0.1) is 23.7 Å². The van der Waals surface area contributed by atoms with Gasteiger partial charge in [-0.1, -0.05) is 173 Å². The molecule has 542 valence electrons. The topological polar surface area (TPSA) is 13.0 Å². The normalized spacial score (nSPS) is 27.3. The molecule has 0 aromatic heterocycles. The van der Waals surface area contributed by atoms with Gasteiger partial charge in [0, 0.05) is 91.3 Å². The van der Waals surface area contributed by atoms with Gasteiger partial charge in [0.25, 0.3) is 0 Å². The Bertz CT molecular complexity index is 5530. The number of hydrogen-bond donors (Lipinski definition) is 0. The highest BCUT2D eigenvalue weighted by molar-refractivity contribution is 6.40. The Hall–Kier alpha value is -10.4. The Labute approximate surface area is 649 Å². The molecule has 0 bridgehead atoms. The molecular formula is C106H98N4. The fourth-order valence-corrected chi connectivity index (χ4v) is 25.2. The summed E-state index contributed by atoms with van der Waals surface area (Å²) < 4.78 is 0. The zero-order chi connectivity index (χ0) is 73.6. The first-order chi connectivity index (χ1) is 53.6. The maximum atomic E-state index is 2.73. The highest BCUT2D eigenvalue weighted by Crippen LogP contribution is 2.65. The van der Waals surface area contributed by atoms with Crippen LogP contribution in [-0.4, -0.2) is 22.2 Å². The molecule has 23 rings (SSSR count). The van der Waals surface area contributed by atoms with E-state index in [1.165, 1.54) is 254 Å². The van der Waals surface area contributed by atoms with Crippen molar-refractivity contribution in [3.63, 3.8) is 0 Å². The molecule has 15 aromatic rings. The summed E-state index contributed by atoms with van der Waals surface area (Å²) in [5.74, 6) is 4.37. The van der Waals surface area contributed by atoms with Gasteiger partial charge in [-0.2, -0.15) is 0 Å². The minimum atomic E-state index is -0.00845. The molecule has 4 aliphatic carbocycles. The molecule has 4 saturated carbocycles. The Morgan fingerprint density at radius 2 is 0.464 bits per heavy atom. The summed E-state index contributed by atoms with van der Waals surface area (Å²) in [6.07, 6.45) is 14.5. The van der Waals surface area contributed by atoms with E-state index < -0.39 is 0 Å². The van der Waals surface area contributed by atoms with E-state index in [4.69, 9.17) is 0 Å². The average molecular weight is 1430 g/mol. The van der Waals surface area contributed by atoms with Crippen molar-refractivity contribution in [1.29, 1.82) is 0 Å². The lowest BCUT2D eigenvalue weighted by molar-refractivity contribution is 0.237. The minimum Gasteiger partial charge on any atom is -0.335 e. The van der Waals surface area contributed by atoms with E-state index in [1.54, 1.807) is 0 Å². The lowest BCUT2D eigenvalue weighted by Crippen LogP contribution is -2.46. The van der Waals surface area contributed by atoms with Crippen molar-refractivity contribution in [2.45, 2.75) is 178 Å². The quantitative estimate of drug-likeness (QED) is 0.150. The molecule has 0 radical (unpaired) electrons. The molecule has 0 spiro atoms. The molecule has 8 aliphatic rings. The maximum absolute atomic E-state index is 2.73. The van der Waals surface area contributed by atoms with Crippen LogP contribution in [0.5, 0.6) is 0 Å². The largest absolute Gasteiger partial charge is 0.335 e. The molecule has 0 amide bonds. The molecule has 4 heterocycles. The molecular weight excluding hydrogens is 1330 g/mol. The van der Waals surface area contributed by atoms with Gasteiger partial charge in [0.15, 0.2) is 0 Å². The number of anilines is 8. The molecule has 12 unspecified atom stereocenters. The standard InChI is InChI=1S/C106H98N4/c1-63-45-49-103(5)91(53-63)87-57-67(29-41-95(87)107(103)71-21-13-9-14-22-71)75-33-37-79-83-61-85-81-39-35-77(69-31-43-97-89(59-69)93-55-65(3)47-51-105(93,7)109(97)73-25-17-11-18-26-73)100-78(70-32-44-98-90(60-70)94-56-66(4)48-52-106(94,8)110(98)74-27-19-12-20-28-74)36-40-82(102(81)100)86(85)62-84(83)80-38-34-76(99(75)101(79)80)68-30-42-96-88(58-68)92-54-64(2)46-50-104(92,6)108(96)72-23-15-10-16-24-72/h9-44,57-66,91-94H,45-56H2,1-8H3. The second-order valence-corrected chi connectivity index (χ2v) is 37.0. The molecule has 4 nitrogen and oxygen atoms in total. The number of para-hydroxylation sites is 4. The number of fused-ring (bicyclic) bond motifs is 18. The molecule has 110 heavy (non-hydrogen) atoms. The van der Waals surface area contributed by atoms with Crippen molar-refractivity contribution >= 4 is 110 Å². The lowest BCUT2D eigenvalue weighted by Gasteiger charge is -2.45. The second kappa shape index (κ2) is 23.6. The van der Waals surface area contributed by atoms with Crippen LogP contribution in [0.4, 0.5) is 45.5 Å². The number of rotatable bonds is 8. The summed E-state index contributed by atoms with van der Waals surface area (Å²) in [6.45, 7) is 20.3. The van der Waals surface area contributed by atoms with E-state index in [0.29, 0.717) is 47.3 Å². The molecule has 4 fully saturated rings. The van der Waals surface area contributed by atoms with Crippen LogP contribution in [-0.2, 0) is 0 Å². The molecule has 0 saturated heterocycles. The fourth-order valence-electron chi connectivity index (χ4n) is 25.2. The fraction of sp³-hybridized carbons (Fsp3) is 0.302. The Balaban J connectivity index is 0.749. The second-order valence-electron chi connectivity index (χ2n) is 37.0. The molecule has 0 N–H and O–H groups in total. The van der Waals surface area contributed by atoms with Crippen LogP contribution < -0.4 is 19.6 Å². The average Bonchev–Trinajstić information content (AvgIpc) is 1.54. The van der Waals surface area contributed by atoms with Gasteiger partial charge in [0.05, 0.1) is 0 Å². The summed E-state index contributed by atoms with van der Waals surface area (Å²) >= 11 is 0. The minimum absolute atomic E-state index is 0.00845. The van der Waals surface area contributed by atoms with E-state index in [9.17, 15) is 0 Å². The van der Waals surface area contributed by atoms with E-state index in [0.717, 1.165) is 0 Å². The lowest BCUT2D eigenvalue weighted by atomic mass is 9.69. The first-order valence-corrected chi connectivity index (χ1v) is 42.0. The van der Waals surface area contributed by atoms with E-state index in [1.807, 2.05) is 0 Å². The maximum Gasteiger partial charge on any atom is 0.0492 e.